The highest BCUT2D eigenvalue weighted by molar-refractivity contribution is 9.10. The number of aryl methyl sites for hydroxylation is 1. The van der Waals surface area contributed by atoms with Gasteiger partial charge in [0.25, 0.3) is 5.91 Å². The summed E-state index contributed by atoms with van der Waals surface area (Å²) in [5, 5.41) is 6.53. The van der Waals surface area contributed by atoms with Crippen molar-refractivity contribution >= 4 is 38.9 Å². The van der Waals surface area contributed by atoms with Gasteiger partial charge < -0.3 is 4.90 Å². The van der Waals surface area contributed by atoms with E-state index in [1.807, 2.05) is 73.0 Å². The summed E-state index contributed by atoms with van der Waals surface area (Å²) in [6, 6.07) is 19.5. The number of carbonyl (C=O) groups excluding carboxylic acids is 1. The maximum absolute atomic E-state index is 13.1. The van der Waals surface area contributed by atoms with E-state index in [9.17, 15) is 4.79 Å². The summed E-state index contributed by atoms with van der Waals surface area (Å²) in [6.45, 7) is 1.97. The molecule has 28 heavy (non-hydrogen) atoms. The van der Waals surface area contributed by atoms with Crippen molar-refractivity contribution in [2.75, 3.05) is 11.9 Å². The summed E-state index contributed by atoms with van der Waals surface area (Å²) in [6.07, 6.45) is 0. The molecule has 140 valence electrons. The molecule has 0 fully saturated rings. The molecule has 2 aromatic carbocycles. The summed E-state index contributed by atoms with van der Waals surface area (Å²) in [5.74, 6) is 0.570. The number of halogens is 1. The van der Waals surface area contributed by atoms with Gasteiger partial charge in [0, 0.05) is 17.2 Å². The van der Waals surface area contributed by atoms with Gasteiger partial charge in [-0.2, -0.15) is 0 Å². The molecule has 0 aliphatic rings. The van der Waals surface area contributed by atoms with E-state index in [4.69, 9.17) is 0 Å². The van der Waals surface area contributed by atoms with Gasteiger partial charge in [-0.05, 0) is 54.3 Å². The molecule has 0 spiro atoms. The molecule has 2 heterocycles. The fourth-order valence-corrected chi connectivity index (χ4v) is 4.15. The van der Waals surface area contributed by atoms with Gasteiger partial charge in [-0.25, -0.2) is 9.67 Å². The van der Waals surface area contributed by atoms with Crippen LogP contribution < -0.4 is 4.90 Å². The maximum atomic E-state index is 13.1. The third kappa shape index (κ3) is 3.50. The van der Waals surface area contributed by atoms with Crippen LogP contribution in [0.3, 0.4) is 0 Å². The number of hydrogen-bond donors (Lipinski definition) is 0. The molecule has 0 saturated carbocycles. The maximum Gasteiger partial charge on any atom is 0.297 e. The zero-order valence-corrected chi connectivity index (χ0v) is 17.7. The molecule has 0 aliphatic heterocycles. The lowest BCUT2D eigenvalue weighted by atomic mass is 10.2. The minimum absolute atomic E-state index is 0.164. The van der Waals surface area contributed by atoms with Gasteiger partial charge in [0.05, 0.1) is 10.6 Å². The molecule has 4 aromatic rings. The van der Waals surface area contributed by atoms with Crippen molar-refractivity contribution in [3.63, 3.8) is 0 Å². The first kappa shape index (κ1) is 18.6. The van der Waals surface area contributed by atoms with Crippen molar-refractivity contribution in [1.82, 2.24) is 14.8 Å². The highest BCUT2D eigenvalue weighted by atomic mass is 79.9. The fraction of sp³-hybridized carbons (Fsp3) is 0.0952. The smallest absolute Gasteiger partial charge is 0.297 e. The average molecular weight is 453 g/mol. The molecule has 0 unspecified atom stereocenters. The van der Waals surface area contributed by atoms with Crippen LogP contribution in [0.1, 0.15) is 16.2 Å². The number of anilines is 1. The van der Waals surface area contributed by atoms with E-state index in [2.05, 4.69) is 26.0 Å². The number of nitrogens with zero attached hydrogens (tertiary/aromatic N) is 4. The lowest BCUT2D eigenvalue weighted by molar-refractivity contribution is 0.0983. The normalized spacial score (nSPS) is 10.8. The first-order chi connectivity index (χ1) is 13.5. The molecule has 7 heteroatoms. The highest BCUT2D eigenvalue weighted by Gasteiger charge is 2.23. The number of rotatable bonds is 4. The van der Waals surface area contributed by atoms with Crippen LogP contribution in [0.25, 0.3) is 16.4 Å². The number of para-hydroxylation sites is 1. The molecular formula is C21H17BrN4OS. The topological polar surface area (TPSA) is 51.0 Å². The van der Waals surface area contributed by atoms with Crippen molar-refractivity contribution < 1.29 is 4.79 Å². The van der Waals surface area contributed by atoms with Crippen LogP contribution in [-0.2, 0) is 0 Å². The van der Waals surface area contributed by atoms with Gasteiger partial charge in [-0.1, -0.05) is 40.2 Å². The number of hydrogen-bond acceptors (Lipinski definition) is 4. The Kier molecular flexibility index (Phi) is 5.11. The largest absolute Gasteiger partial charge is 0.308 e. The van der Waals surface area contributed by atoms with Crippen molar-refractivity contribution in [1.29, 1.82) is 0 Å². The van der Waals surface area contributed by atoms with Crippen molar-refractivity contribution in [3.8, 4) is 16.4 Å². The summed E-state index contributed by atoms with van der Waals surface area (Å²) >= 11 is 5.02. The third-order valence-electron chi connectivity index (χ3n) is 4.37. The number of benzene rings is 2. The molecule has 2 aromatic heterocycles. The number of carbonyl (C=O) groups is 1. The molecule has 0 bridgehead atoms. The second-order valence-electron chi connectivity index (χ2n) is 6.28. The van der Waals surface area contributed by atoms with E-state index in [1.165, 1.54) is 0 Å². The van der Waals surface area contributed by atoms with Crippen LogP contribution in [0, 0.1) is 6.92 Å². The van der Waals surface area contributed by atoms with Gasteiger partial charge in [0.15, 0.2) is 5.82 Å². The summed E-state index contributed by atoms with van der Waals surface area (Å²) in [4.78, 5) is 20.3. The standard InChI is InChI=1S/C21H17BrN4OS/c1-14-13-15(22)10-11-17(14)25(2)21(27)19-23-20(18-9-6-12-28-18)26(24-19)16-7-4-3-5-8-16/h3-13H,1-2H3. The Bertz CT molecular complexity index is 1120. The predicted octanol–water partition coefficient (Wildman–Crippen LogP) is 5.34. The highest BCUT2D eigenvalue weighted by Crippen LogP contribution is 2.27. The number of amides is 1. The summed E-state index contributed by atoms with van der Waals surface area (Å²) < 4.78 is 2.70. The monoisotopic (exact) mass is 452 g/mol. The Labute approximate surface area is 175 Å². The van der Waals surface area contributed by atoms with Crippen LogP contribution in [0.15, 0.2) is 70.5 Å². The number of aromatic nitrogens is 3. The Hall–Kier alpha value is -2.77. The third-order valence-corrected chi connectivity index (χ3v) is 5.72. The van der Waals surface area contributed by atoms with Crippen LogP contribution in [0.4, 0.5) is 5.69 Å². The molecule has 5 nitrogen and oxygen atoms in total. The number of thiophene rings is 1. The van der Waals surface area contributed by atoms with E-state index < -0.39 is 0 Å². The summed E-state index contributed by atoms with van der Waals surface area (Å²) in [7, 11) is 1.74. The summed E-state index contributed by atoms with van der Waals surface area (Å²) in [5.41, 5.74) is 2.67. The van der Waals surface area contributed by atoms with Gasteiger partial charge >= 0.3 is 0 Å². The zero-order chi connectivity index (χ0) is 19.7. The molecule has 0 N–H and O–H groups in total. The second-order valence-corrected chi connectivity index (χ2v) is 8.14. The van der Waals surface area contributed by atoms with E-state index in [1.54, 1.807) is 28.0 Å². The van der Waals surface area contributed by atoms with Crippen LogP contribution in [0.5, 0.6) is 0 Å². The van der Waals surface area contributed by atoms with Crippen LogP contribution >= 0.6 is 27.3 Å². The van der Waals surface area contributed by atoms with Crippen molar-refractivity contribution in [2.45, 2.75) is 6.92 Å². The molecule has 0 radical (unpaired) electrons. The van der Waals surface area contributed by atoms with Crippen molar-refractivity contribution in [3.05, 3.63) is 81.9 Å². The predicted molar refractivity (Wildman–Crippen MR) is 116 cm³/mol. The van der Waals surface area contributed by atoms with E-state index in [0.717, 1.165) is 26.3 Å². The second kappa shape index (κ2) is 7.69. The Morgan fingerprint density at radius 2 is 1.89 bits per heavy atom. The quantitative estimate of drug-likeness (QED) is 0.419. The molecule has 0 atom stereocenters. The minimum Gasteiger partial charge on any atom is -0.308 e. The van der Waals surface area contributed by atoms with Crippen LogP contribution in [-0.4, -0.2) is 27.7 Å². The van der Waals surface area contributed by atoms with Crippen LogP contribution in [0.2, 0.25) is 0 Å². The Morgan fingerprint density at radius 3 is 2.57 bits per heavy atom. The average Bonchev–Trinajstić information content (AvgIpc) is 3.37. The molecule has 4 rings (SSSR count). The zero-order valence-electron chi connectivity index (χ0n) is 15.3. The fourth-order valence-electron chi connectivity index (χ4n) is 2.97. The molecule has 0 saturated heterocycles. The first-order valence-electron chi connectivity index (χ1n) is 8.65. The lowest BCUT2D eigenvalue weighted by Gasteiger charge is -2.18. The lowest BCUT2D eigenvalue weighted by Crippen LogP contribution is -2.28. The minimum atomic E-state index is -0.252. The van der Waals surface area contributed by atoms with Gasteiger partial charge in [-0.3, -0.25) is 4.79 Å². The van der Waals surface area contributed by atoms with Gasteiger partial charge in [0.1, 0.15) is 0 Å². The Balaban J connectivity index is 1.77. The van der Waals surface area contributed by atoms with E-state index >= 15 is 0 Å². The van der Waals surface area contributed by atoms with Gasteiger partial charge in [-0.15, -0.1) is 16.4 Å². The van der Waals surface area contributed by atoms with E-state index in [-0.39, 0.29) is 11.7 Å². The Morgan fingerprint density at radius 1 is 1.11 bits per heavy atom. The SMILES string of the molecule is Cc1cc(Br)ccc1N(C)C(=O)c1nc(-c2cccs2)n(-c2ccccc2)n1. The molecular weight excluding hydrogens is 436 g/mol. The van der Waals surface area contributed by atoms with E-state index in [0.29, 0.717) is 5.82 Å². The molecule has 0 aliphatic carbocycles. The van der Waals surface area contributed by atoms with Gasteiger partial charge in [0.2, 0.25) is 5.82 Å². The van der Waals surface area contributed by atoms with Crippen molar-refractivity contribution in [2.24, 2.45) is 0 Å². The first-order valence-corrected chi connectivity index (χ1v) is 10.3. The molecule has 1 amide bonds.